The molecule has 2 aliphatic heterocycles. The molecule has 0 aliphatic carbocycles. The SMILES string of the molecule is CC(C)=CCC/C(C)=C/CC/C(C)=C/CC[C@]1(C)CCc2c3c(c(C)c(C)c2O1)OCN(CCCO)C3. The van der Waals surface area contributed by atoms with Gasteiger partial charge < -0.3 is 14.6 Å². The maximum absolute atomic E-state index is 9.24. The topological polar surface area (TPSA) is 41.9 Å². The Balaban J connectivity index is 1.58. The van der Waals surface area contributed by atoms with Crippen molar-refractivity contribution in [2.75, 3.05) is 19.9 Å². The average molecular weight is 510 g/mol. The highest BCUT2D eigenvalue weighted by Gasteiger charge is 2.36. The van der Waals surface area contributed by atoms with E-state index in [2.05, 4.69) is 71.6 Å². The van der Waals surface area contributed by atoms with E-state index in [1.54, 1.807) is 0 Å². The third kappa shape index (κ3) is 8.22. The molecule has 206 valence electrons. The van der Waals surface area contributed by atoms with E-state index in [9.17, 15) is 5.11 Å². The van der Waals surface area contributed by atoms with Gasteiger partial charge in [-0.1, -0.05) is 34.9 Å². The molecule has 0 unspecified atom stereocenters. The van der Waals surface area contributed by atoms with Crippen LogP contribution < -0.4 is 9.47 Å². The normalized spacial score (nSPS) is 20.1. The minimum absolute atomic E-state index is 0.136. The molecule has 0 aromatic heterocycles. The zero-order valence-corrected chi connectivity index (χ0v) is 24.6. The third-order valence-electron chi connectivity index (χ3n) is 8.10. The van der Waals surface area contributed by atoms with Crippen molar-refractivity contribution in [1.82, 2.24) is 4.90 Å². The molecule has 0 saturated heterocycles. The lowest BCUT2D eigenvalue weighted by Gasteiger charge is -2.40. The molecule has 0 amide bonds. The monoisotopic (exact) mass is 509 g/mol. The van der Waals surface area contributed by atoms with E-state index >= 15 is 0 Å². The number of hydrogen-bond acceptors (Lipinski definition) is 4. The maximum Gasteiger partial charge on any atom is 0.142 e. The van der Waals surface area contributed by atoms with Crippen LogP contribution in [0.3, 0.4) is 0 Å². The summed E-state index contributed by atoms with van der Waals surface area (Å²) in [4.78, 5) is 2.29. The van der Waals surface area contributed by atoms with E-state index in [0.717, 1.165) is 76.0 Å². The van der Waals surface area contributed by atoms with E-state index in [4.69, 9.17) is 9.47 Å². The summed E-state index contributed by atoms with van der Waals surface area (Å²) in [5, 5.41) is 9.24. The molecule has 0 fully saturated rings. The van der Waals surface area contributed by atoms with Gasteiger partial charge in [0, 0.05) is 30.8 Å². The van der Waals surface area contributed by atoms with Crippen molar-refractivity contribution in [2.45, 2.75) is 118 Å². The van der Waals surface area contributed by atoms with E-state index < -0.39 is 0 Å². The van der Waals surface area contributed by atoms with E-state index in [-0.39, 0.29) is 12.2 Å². The summed E-state index contributed by atoms with van der Waals surface area (Å²) in [5.74, 6) is 2.15. The van der Waals surface area contributed by atoms with Crippen molar-refractivity contribution in [3.63, 3.8) is 0 Å². The second-order valence-electron chi connectivity index (χ2n) is 11.8. The third-order valence-corrected chi connectivity index (χ3v) is 8.10. The van der Waals surface area contributed by atoms with Gasteiger partial charge in [-0.15, -0.1) is 0 Å². The first-order valence-electron chi connectivity index (χ1n) is 14.4. The largest absolute Gasteiger partial charge is 0.487 e. The lowest BCUT2D eigenvalue weighted by Crippen LogP contribution is -2.39. The number of fused-ring (bicyclic) bond motifs is 3. The predicted molar refractivity (Wildman–Crippen MR) is 156 cm³/mol. The molecule has 1 aromatic carbocycles. The summed E-state index contributed by atoms with van der Waals surface area (Å²) < 4.78 is 13.0. The lowest BCUT2D eigenvalue weighted by atomic mass is 9.84. The fourth-order valence-electron chi connectivity index (χ4n) is 5.52. The Morgan fingerprint density at radius 3 is 2.24 bits per heavy atom. The van der Waals surface area contributed by atoms with Crippen molar-refractivity contribution >= 4 is 0 Å². The molecule has 2 heterocycles. The van der Waals surface area contributed by atoms with Crippen LogP contribution in [0.25, 0.3) is 0 Å². The fraction of sp³-hybridized carbons (Fsp3) is 0.636. The van der Waals surface area contributed by atoms with Crippen LogP contribution in [0.4, 0.5) is 0 Å². The Hall–Kier alpha value is -2.04. The predicted octanol–water partition coefficient (Wildman–Crippen LogP) is 8.12. The number of nitrogens with zero attached hydrogens (tertiary/aromatic N) is 1. The van der Waals surface area contributed by atoms with Gasteiger partial charge in [-0.25, -0.2) is 0 Å². The first-order chi connectivity index (χ1) is 17.6. The molecule has 2 aliphatic rings. The van der Waals surface area contributed by atoms with Gasteiger partial charge >= 0.3 is 0 Å². The van der Waals surface area contributed by atoms with Crippen molar-refractivity contribution in [1.29, 1.82) is 0 Å². The van der Waals surface area contributed by atoms with Crippen LogP contribution in [0, 0.1) is 13.8 Å². The summed E-state index contributed by atoms with van der Waals surface area (Å²) in [7, 11) is 0. The second-order valence-corrected chi connectivity index (χ2v) is 11.8. The van der Waals surface area contributed by atoms with E-state index in [0.29, 0.717) is 6.73 Å². The molecule has 0 saturated carbocycles. The highest BCUT2D eigenvalue weighted by molar-refractivity contribution is 5.60. The Labute approximate surface area is 226 Å². The standard InChI is InChI=1S/C33H51NO3/c1-24(2)12-8-13-25(3)14-9-15-26(4)16-10-18-33(7)19-17-29-30-22-34(20-11-21-35)23-36-31(30)27(5)28(6)32(29)37-33/h12,14,16,35H,8-11,13,15,17-23H2,1-7H3/b25-14+,26-16+/t33-/m1/s1. The van der Waals surface area contributed by atoms with Gasteiger partial charge in [0.05, 0.1) is 0 Å². The van der Waals surface area contributed by atoms with Gasteiger partial charge in [-0.2, -0.15) is 0 Å². The van der Waals surface area contributed by atoms with Crippen LogP contribution in [-0.2, 0) is 13.0 Å². The molecule has 4 nitrogen and oxygen atoms in total. The van der Waals surface area contributed by atoms with E-state index in [1.807, 2.05) is 0 Å². The van der Waals surface area contributed by atoms with Crippen molar-refractivity contribution in [2.24, 2.45) is 0 Å². The van der Waals surface area contributed by atoms with Gasteiger partial charge in [-0.05, 0) is 117 Å². The molecule has 1 atom stereocenters. The number of aliphatic hydroxyl groups is 1. The fourth-order valence-corrected chi connectivity index (χ4v) is 5.52. The molecule has 1 N–H and O–H groups in total. The first-order valence-corrected chi connectivity index (χ1v) is 14.4. The maximum atomic E-state index is 9.24. The summed E-state index contributed by atoms with van der Waals surface area (Å²) in [6, 6.07) is 0. The quantitative estimate of drug-likeness (QED) is 0.289. The van der Waals surface area contributed by atoms with Crippen LogP contribution in [0.1, 0.15) is 108 Å². The number of ether oxygens (including phenoxy) is 2. The number of benzene rings is 1. The smallest absolute Gasteiger partial charge is 0.142 e. The number of rotatable bonds is 12. The molecular formula is C33H51NO3. The van der Waals surface area contributed by atoms with Crippen LogP contribution in [0.15, 0.2) is 34.9 Å². The van der Waals surface area contributed by atoms with E-state index in [1.165, 1.54) is 45.4 Å². The molecule has 0 spiro atoms. The summed E-state index contributed by atoms with van der Waals surface area (Å²) in [6.07, 6.45) is 16.7. The Morgan fingerprint density at radius 2 is 1.57 bits per heavy atom. The lowest BCUT2D eigenvalue weighted by molar-refractivity contribution is 0.0518. The Bertz CT molecular complexity index is 1020. The van der Waals surface area contributed by atoms with Crippen molar-refractivity contribution in [3.05, 3.63) is 57.2 Å². The zero-order chi connectivity index (χ0) is 27.0. The molecule has 0 bridgehead atoms. The van der Waals surface area contributed by atoms with Crippen molar-refractivity contribution in [3.8, 4) is 11.5 Å². The summed E-state index contributed by atoms with van der Waals surface area (Å²) >= 11 is 0. The summed E-state index contributed by atoms with van der Waals surface area (Å²) in [6.45, 7) is 18.1. The van der Waals surface area contributed by atoms with Gasteiger partial charge in [-0.3, -0.25) is 4.90 Å². The molecular weight excluding hydrogens is 458 g/mol. The van der Waals surface area contributed by atoms with Gasteiger partial charge in [0.1, 0.15) is 23.8 Å². The molecule has 3 rings (SSSR count). The van der Waals surface area contributed by atoms with Gasteiger partial charge in [0.2, 0.25) is 0 Å². The molecule has 4 heteroatoms. The number of hydrogen-bond donors (Lipinski definition) is 1. The van der Waals surface area contributed by atoms with Gasteiger partial charge in [0.15, 0.2) is 0 Å². The number of allylic oxidation sites excluding steroid dienone is 6. The Kier molecular flexibility index (Phi) is 10.9. The van der Waals surface area contributed by atoms with Crippen LogP contribution in [-0.4, -0.2) is 35.5 Å². The van der Waals surface area contributed by atoms with Gasteiger partial charge in [0.25, 0.3) is 0 Å². The van der Waals surface area contributed by atoms with Crippen LogP contribution >= 0.6 is 0 Å². The minimum Gasteiger partial charge on any atom is -0.487 e. The number of aliphatic hydroxyl groups excluding tert-OH is 1. The average Bonchev–Trinajstić information content (AvgIpc) is 2.85. The first kappa shape index (κ1) is 29.5. The molecule has 1 aromatic rings. The van der Waals surface area contributed by atoms with Crippen molar-refractivity contribution < 1.29 is 14.6 Å². The second kappa shape index (κ2) is 13.7. The summed E-state index contributed by atoms with van der Waals surface area (Å²) in [5.41, 5.74) is 9.32. The highest BCUT2D eigenvalue weighted by atomic mass is 16.5. The zero-order valence-electron chi connectivity index (χ0n) is 24.6. The molecule has 0 radical (unpaired) electrons. The van der Waals surface area contributed by atoms with Crippen LogP contribution in [0.5, 0.6) is 11.5 Å². The Morgan fingerprint density at radius 1 is 0.919 bits per heavy atom. The highest BCUT2D eigenvalue weighted by Crippen LogP contribution is 2.46. The molecule has 37 heavy (non-hydrogen) atoms. The minimum atomic E-state index is -0.136. The van der Waals surface area contributed by atoms with Crippen LogP contribution in [0.2, 0.25) is 0 Å².